The summed E-state index contributed by atoms with van der Waals surface area (Å²) in [6.45, 7) is 1.73. The van der Waals surface area contributed by atoms with Crippen molar-refractivity contribution in [1.82, 2.24) is 5.43 Å². The molecule has 0 heterocycles. The van der Waals surface area contributed by atoms with Gasteiger partial charge in [-0.1, -0.05) is 29.3 Å². The number of hydrazone groups is 1. The molecule has 2 aromatic carbocycles. The highest BCUT2D eigenvalue weighted by Crippen LogP contribution is 2.22. The van der Waals surface area contributed by atoms with Gasteiger partial charge in [-0.15, -0.1) is 0 Å². The number of benzene rings is 2. The lowest BCUT2D eigenvalue weighted by Gasteiger charge is -2.04. The van der Waals surface area contributed by atoms with Gasteiger partial charge < -0.3 is 0 Å². The van der Waals surface area contributed by atoms with E-state index in [1.807, 2.05) is 0 Å². The van der Waals surface area contributed by atoms with Crippen LogP contribution in [0.5, 0.6) is 0 Å². The van der Waals surface area contributed by atoms with E-state index < -0.39 is 11.7 Å². The Labute approximate surface area is 131 Å². The number of hydrogen-bond acceptors (Lipinski definition) is 2. The molecule has 3 nitrogen and oxygen atoms in total. The summed E-state index contributed by atoms with van der Waals surface area (Å²) in [6.07, 6.45) is 0. The summed E-state index contributed by atoms with van der Waals surface area (Å²) in [7, 11) is 0. The minimum absolute atomic E-state index is 0.321. The van der Waals surface area contributed by atoms with Crippen molar-refractivity contribution in [3.05, 3.63) is 69.5 Å². The van der Waals surface area contributed by atoms with Crippen LogP contribution in [0.1, 0.15) is 22.8 Å². The van der Waals surface area contributed by atoms with Crippen LogP contribution in [-0.2, 0) is 0 Å². The average molecular weight is 325 g/mol. The van der Waals surface area contributed by atoms with Crippen molar-refractivity contribution >= 4 is 34.8 Å². The first-order chi connectivity index (χ1) is 9.97. The molecular weight excluding hydrogens is 314 g/mol. The predicted octanol–water partition coefficient (Wildman–Crippen LogP) is 4.29. The molecule has 1 amide bonds. The van der Waals surface area contributed by atoms with E-state index in [0.29, 0.717) is 21.3 Å². The summed E-state index contributed by atoms with van der Waals surface area (Å²) in [5, 5.41) is 4.84. The molecule has 0 atom stereocenters. The fraction of sp³-hybridized carbons (Fsp3) is 0.0667. The molecule has 0 bridgehead atoms. The van der Waals surface area contributed by atoms with Crippen molar-refractivity contribution < 1.29 is 9.18 Å². The van der Waals surface area contributed by atoms with Crippen LogP contribution in [-0.4, -0.2) is 11.6 Å². The van der Waals surface area contributed by atoms with E-state index in [9.17, 15) is 9.18 Å². The maximum atomic E-state index is 12.8. The SMILES string of the molecule is CC(=NNC(=O)c1ccc(F)cc1)c1ccc(Cl)c(Cl)c1. The fourth-order valence-electron chi connectivity index (χ4n) is 1.59. The lowest BCUT2D eigenvalue weighted by Crippen LogP contribution is -2.19. The topological polar surface area (TPSA) is 41.5 Å². The third-order valence-corrected chi connectivity index (χ3v) is 3.51. The zero-order chi connectivity index (χ0) is 15.4. The van der Waals surface area contributed by atoms with Crippen LogP contribution in [0.3, 0.4) is 0 Å². The van der Waals surface area contributed by atoms with Crippen LogP contribution in [0, 0.1) is 5.82 Å². The molecule has 0 unspecified atom stereocenters. The lowest BCUT2D eigenvalue weighted by molar-refractivity contribution is 0.0955. The number of nitrogens with one attached hydrogen (secondary N) is 1. The van der Waals surface area contributed by atoms with Gasteiger partial charge in [0.25, 0.3) is 5.91 Å². The van der Waals surface area contributed by atoms with Crippen molar-refractivity contribution in [2.24, 2.45) is 5.10 Å². The largest absolute Gasteiger partial charge is 0.271 e. The highest BCUT2D eigenvalue weighted by molar-refractivity contribution is 6.42. The second-order valence-electron chi connectivity index (χ2n) is 4.27. The standard InChI is InChI=1S/C15H11Cl2FN2O/c1-9(11-4-7-13(16)14(17)8-11)19-20-15(21)10-2-5-12(18)6-3-10/h2-8H,1H3,(H,20,21). The summed E-state index contributed by atoms with van der Waals surface area (Å²) in [5.41, 5.74) is 4.04. The van der Waals surface area contributed by atoms with Gasteiger partial charge in [0.1, 0.15) is 5.82 Å². The van der Waals surface area contributed by atoms with Crippen molar-refractivity contribution in [3.8, 4) is 0 Å². The monoisotopic (exact) mass is 324 g/mol. The third-order valence-electron chi connectivity index (χ3n) is 2.77. The van der Waals surface area contributed by atoms with Gasteiger partial charge in [-0.25, -0.2) is 9.82 Å². The summed E-state index contributed by atoms with van der Waals surface area (Å²) in [5.74, 6) is -0.823. The first-order valence-corrected chi connectivity index (χ1v) is 6.78. The van der Waals surface area contributed by atoms with Crippen LogP contribution < -0.4 is 5.43 Å². The average Bonchev–Trinajstić information content (AvgIpc) is 2.48. The summed E-state index contributed by atoms with van der Waals surface area (Å²) in [4.78, 5) is 11.8. The number of nitrogens with zero attached hydrogens (tertiary/aromatic N) is 1. The second-order valence-corrected chi connectivity index (χ2v) is 5.09. The van der Waals surface area contributed by atoms with Gasteiger partial charge in [-0.3, -0.25) is 4.79 Å². The molecule has 0 aliphatic carbocycles. The molecule has 0 radical (unpaired) electrons. The number of halogens is 3. The van der Waals surface area contributed by atoms with E-state index in [-0.39, 0.29) is 0 Å². The fourth-order valence-corrected chi connectivity index (χ4v) is 1.88. The van der Waals surface area contributed by atoms with Crippen LogP contribution in [0.25, 0.3) is 0 Å². The molecule has 1 N–H and O–H groups in total. The van der Waals surface area contributed by atoms with E-state index in [1.165, 1.54) is 24.3 Å². The Hall–Kier alpha value is -1.91. The van der Waals surface area contributed by atoms with Gasteiger partial charge in [0.05, 0.1) is 15.8 Å². The third kappa shape index (κ3) is 4.03. The molecule has 108 valence electrons. The van der Waals surface area contributed by atoms with Crippen molar-refractivity contribution in [2.45, 2.75) is 6.92 Å². The van der Waals surface area contributed by atoms with Gasteiger partial charge in [-0.2, -0.15) is 5.10 Å². The number of hydrogen-bond donors (Lipinski definition) is 1. The normalized spacial score (nSPS) is 11.3. The van der Waals surface area contributed by atoms with Crippen molar-refractivity contribution in [1.29, 1.82) is 0 Å². The van der Waals surface area contributed by atoms with Crippen molar-refractivity contribution in [2.75, 3.05) is 0 Å². The number of rotatable bonds is 3. The number of amides is 1. The molecule has 2 rings (SSSR count). The van der Waals surface area contributed by atoms with E-state index in [2.05, 4.69) is 10.5 Å². The van der Waals surface area contributed by atoms with Crippen LogP contribution >= 0.6 is 23.2 Å². The molecule has 0 aliphatic heterocycles. The molecule has 21 heavy (non-hydrogen) atoms. The number of carbonyl (C=O) groups excluding carboxylic acids is 1. The molecule has 0 fully saturated rings. The molecular formula is C15H11Cl2FN2O. The van der Waals surface area contributed by atoms with Crippen LogP contribution in [0.2, 0.25) is 10.0 Å². The van der Waals surface area contributed by atoms with Gasteiger partial charge in [0, 0.05) is 5.56 Å². The summed E-state index contributed by atoms with van der Waals surface area (Å²) >= 11 is 11.8. The quantitative estimate of drug-likeness (QED) is 0.664. The molecule has 0 saturated carbocycles. The van der Waals surface area contributed by atoms with Gasteiger partial charge in [-0.05, 0) is 48.9 Å². The maximum Gasteiger partial charge on any atom is 0.271 e. The molecule has 2 aromatic rings. The smallest absolute Gasteiger partial charge is 0.267 e. The first kappa shape index (κ1) is 15.5. The molecule has 0 aliphatic rings. The van der Waals surface area contributed by atoms with Crippen LogP contribution in [0.15, 0.2) is 47.6 Å². The Kier molecular flexibility index (Phi) is 4.94. The zero-order valence-electron chi connectivity index (χ0n) is 11.0. The van der Waals surface area contributed by atoms with Gasteiger partial charge >= 0.3 is 0 Å². The predicted molar refractivity (Wildman–Crippen MR) is 82.5 cm³/mol. The highest BCUT2D eigenvalue weighted by atomic mass is 35.5. The van der Waals surface area contributed by atoms with Crippen LogP contribution in [0.4, 0.5) is 4.39 Å². The Balaban J connectivity index is 2.10. The minimum atomic E-state index is -0.422. The maximum absolute atomic E-state index is 12.8. The van der Waals surface area contributed by atoms with E-state index in [1.54, 1.807) is 25.1 Å². The first-order valence-electron chi connectivity index (χ1n) is 6.03. The molecule has 0 spiro atoms. The summed E-state index contributed by atoms with van der Waals surface area (Å²) in [6, 6.07) is 10.3. The second kappa shape index (κ2) is 6.70. The molecule has 0 saturated heterocycles. The summed E-state index contributed by atoms with van der Waals surface area (Å²) < 4.78 is 12.8. The Morgan fingerprint density at radius 1 is 1.05 bits per heavy atom. The minimum Gasteiger partial charge on any atom is -0.267 e. The number of carbonyl (C=O) groups is 1. The Morgan fingerprint density at radius 3 is 2.29 bits per heavy atom. The van der Waals surface area contributed by atoms with E-state index in [4.69, 9.17) is 23.2 Å². The van der Waals surface area contributed by atoms with Gasteiger partial charge in [0.2, 0.25) is 0 Å². The van der Waals surface area contributed by atoms with E-state index in [0.717, 1.165) is 5.56 Å². The Morgan fingerprint density at radius 2 is 1.67 bits per heavy atom. The lowest BCUT2D eigenvalue weighted by atomic mass is 10.1. The zero-order valence-corrected chi connectivity index (χ0v) is 12.5. The van der Waals surface area contributed by atoms with Crippen molar-refractivity contribution in [3.63, 3.8) is 0 Å². The Bertz CT molecular complexity index is 699. The van der Waals surface area contributed by atoms with Gasteiger partial charge in [0.15, 0.2) is 0 Å². The highest BCUT2D eigenvalue weighted by Gasteiger charge is 2.06. The van der Waals surface area contributed by atoms with E-state index >= 15 is 0 Å². The molecule has 6 heteroatoms. The molecule has 0 aromatic heterocycles.